The van der Waals surface area contributed by atoms with Gasteiger partial charge in [-0.25, -0.2) is 4.79 Å². The molecule has 0 aromatic heterocycles. The van der Waals surface area contributed by atoms with E-state index in [1.54, 1.807) is 36.4 Å². The minimum absolute atomic E-state index is 0.0305. The molecular formula is C28H25ClN2O4. The quantitative estimate of drug-likeness (QED) is 0.339. The Hall–Kier alpha value is -3.95. The van der Waals surface area contributed by atoms with Gasteiger partial charge in [-0.1, -0.05) is 55.8 Å². The molecule has 4 rings (SSSR count). The number of ether oxygens (including phenoxy) is 3. The smallest absolute Gasteiger partial charge is 0.349 e. The number of nitriles is 1. The molecule has 7 heteroatoms. The Kier molecular flexibility index (Phi) is 6.99. The van der Waals surface area contributed by atoms with Crippen LogP contribution in [0.3, 0.4) is 0 Å². The predicted molar refractivity (Wildman–Crippen MR) is 134 cm³/mol. The van der Waals surface area contributed by atoms with Gasteiger partial charge in [-0.15, -0.1) is 0 Å². The molecule has 0 amide bonds. The minimum atomic E-state index is -0.572. The number of carbonyl (C=O) groups excluding carboxylic acids is 1. The molecule has 1 atom stereocenters. The van der Waals surface area contributed by atoms with Crippen LogP contribution in [-0.2, 0) is 4.79 Å². The number of hydrogen-bond acceptors (Lipinski definition) is 6. The van der Waals surface area contributed by atoms with E-state index in [0.717, 1.165) is 16.7 Å². The highest BCUT2D eigenvalue weighted by Gasteiger charge is 2.31. The molecule has 0 aliphatic carbocycles. The van der Waals surface area contributed by atoms with E-state index in [0.29, 0.717) is 28.0 Å². The van der Waals surface area contributed by atoms with Crippen molar-refractivity contribution in [3.63, 3.8) is 0 Å². The van der Waals surface area contributed by atoms with E-state index in [1.807, 2.05) is 19.1 Å². The van der Waals surface area contributed by atoms with Crippen LogP contribution in [0.4, 0.5) is 0 Å². The van der Waals surface area contributed by atoms with Gasteiger partial charge in [0.2, 0.25) is 5.88 Å². The van der Waals surface area contributed by atoms with Crippen molar-refractivity contribution in [1.29, 1.82) is 5.26 Å². The van der Waals surface area contributed by atoms with E-state index in [4.69, 9.17) is 31.5 Å². The standard InChI is InChI=1S/C28H25ClN2O4/c1-16(2)18-4-6-19(7-5-18)27-22-10-9-21(13-25(22)35-28(31)23(27)14-30)34-26(32)15-33-24-11-8-20(29)12-17(24)3/h4-13,16,27H,15,31H2,1-3H3. The maximum Gasteiger partial charge on any atom is 0.349 e. The normalized spacial score (nSPS) is 14.7. The number of halogens is 1. The van der Waals surface area contributed by atoms with E-state index in [9.17, 15) is 10.1 Å². The van der Waals surface area contributed by atoms with Crippen LogP contribution in [0.15, 0.2) is 72.1 Å². The summed E-state index contributed by atoms with van der Waals surface area (Å²) in [5.74, 6) is 0.734. The number of hydrogen-bond donors (Lipinski definition) is 1. The zero-order chi connectivity index (χ0) is 25.1. The maximum atomic E-state index is 12.4. The van der Waals surface area contributed by atoms with Crippen molar-refractivity contribution in [2.75, 3.05) is 6.61 Å². The van der Waals surface area contributed by atoms with E-state index in [2.05, 4.69) is 32.0 Å². The van der Waals surface area contributed by atoms with Gasteiger partial charge < -0.3 is 19.9 Å². The van der Waals surface area contributed by atoms with Crippen LogP contribution in [0.5, 0.6) is 17.2 Å². The van der Waals surface area contributed by atoms with Gasteiger partial charge in [0, 0.05) is 16.7 Å². The Morgan fingerprint density at radius 2 is 1.89 bits per heavy atom. The Labute approximate surface area is 209 Å². The maximum absolute atomic E-state index is 12.4. The molecule has 0 bridgehead atoms. The molecule has 35 heavy (non-hydrogen) atoms. The lowest BCUT2D eigenvalue weighted by molar-refractivity contribution is -0.136. The van der Waals surface area contributed by atoms with Crippen molar-refractivity contribution in [2.45, 2.75) is 32.6 Å². The number of aryl methyl sites for hydroxylation is 1. The first kappa shape index (κ1) is 24.2. The van der Waals surface area contributed by atoms with Gasteiger partial charge in [-0.3, -0.25) is 0 Å². The van der Waals surface area contributed by atoms with Crippen molar-refractivity contribution in [3.8, 4) is 23.3 Å². The monoisotopic (exact) mass is 488 g/mol. The molecule has 1 heterocycles. The molecule has 0 saturated heterocycles. The minimum Gasteiger partial charge on any atom is -0.482 e. The van der Waals surface area contributed by atoms with Crippen molar-refractivity contribution in [1.82, 2.24) is 0 Å². The molecule has 3 aromatic rings. The second kappa shape index (κ2) is 10.1. The van der Waals surface area contributed by atoms with Crippen LogP contribution in [0.25, 0.3) is 0 Å². The molecule has 3 aromatic carbocycles. The lowest BCUT2D eigenvalue weighted by atomic mass is 9.83. The Bertz CT molecular complexity index is 1340. The topological polar surface area (TPSA) is 94.6 Å². The van der Waals surface area contributed by atoms with Gasteiger partial charge >= 0.3 is 5.97 Å². The van der Waals surface area contributed by atoms with Crippen LogP contribution in [-0.4, -0.2) is 12.6 Å². The molecule has 0 fully saturated rings. The molecule has 0 saturated carbocycles. The molecule has 1 aliphatic rings. The first-order valence-electron chi connectivity index (χ1n) is 11.2. The number of benzene rings is 3. The van der Waals surface area contributed by atoms with Crippen LogP contribution in [0.2, 0.25) is 5.02 Å². The first-order chi connectivity index (χ1) is 16.8. The fourth-order valence-corrected chi connectivity index (χ4v) is 4.21. The predicted octanol–water partition coefficient (Wildman–Crippen LogP) is 5.97. The summed E-state index contributed by atoms with van der Waals surface area (Å²) in [4.78, 5) is 12.4. The van der Waals surface area contributed by atoms with Crippen molar-refractivity contribution >= 4 is 17.6 Å². The molecule has 0 radical (unpaired) electrons. The third-order valence-electron chi connectivity index (χ3n) is 5.84. The van der Waals surface area contributed by atoms with Gasteiger partial charge in [-0.2, -0.15) is 5.26 Å². The van der Waals surface area contributed by atoms with Crippen molar-refractivity contribution in [3.05, 3.63) is 99.4 Å². The van der Waals surface area contributed by atoms with Gasteiger partial charge in [0.1, 0.15) is 28.9 Å². The fraction of sp³-hybridized carbons (Fsp3) is 0.214. The van der Waals surface area contributed by atoms with Crippen LogP contribution in [0, 0.1) is 18.3 Å². The highest BCUT2D eigenvalue weighted by molar-refractivity contribution is 6.30. The highest BCUT2D eigenvalue weighted by Crippen LogP contribution is 2.43. The number of esters is 1. The average Bonchev–Trinajstić information content (AvgIpc) is 2.82. The highest BCUT2D eigenvalue weighted by atomic mass is 35.5. The number of nitrogens with two attached hydrogens (primary N) is 1. The molecule has 0 spiro atoms. The van der Waals surface area contributed by atoms with Crippen LogP contribution >= 0.6 is 11.6 Å². The molecular weight excluding hydrogens is 464 g/mol. The first-order valence-corrected chi connectivity index (χ1v) is 11.6. The number of allylic oxidation sites excluding steroid dienone is 1. The van der Waals surface area contributed by atoms with E-state index in [1.165, 1.54) is 5.56 Å². The van der Waals surface area contributed by atoms with E-state index in [-0.39, 0.29) is 24.2 Å². The zero-order valence-electron chi connectivity index (χ0n) is 19.7. The second-order valence-corrected chi connectivity index (χ2v) is 9.05. The van der Waals surface area contributed by atoms with Gasteiger partial charge in [0.25, 0.3) is 0 Å². The largest absolute Gasteiger partial charge is 0.482 e. The van der Waals surface area contributed by atoms with Crippen molar-refractivity contribution in [2.24, 2.45) is 5.73 Å². The Morgan fingerprint density at radius 1 is 1.14 bits per heavy atom. The molecule has 2 N–H and O–H groups in total. The lowest BCUT2D eigenvalue weighted by Crippen LogP contribution is -2.21. The third-order valence-corrected chi connectivity index (χ3v) is 6.08. The number of carbonyl (C=O) groups is 1. The number of rotatable bonds is 6. The van der Waals surface area contributed by atoms with Gasteiger partial charge in [0.15, 0.2) is 6.61 Å². The molecule has 178 valence electrons. The van der Waals surface area contributed by atoms with Gasteiger partial charge in [-0.05, 0) is 53.8 Å². The van der Waals surface area contributed by atoms with Gasteiger partial charge in [0.05, 0.1) is 5.92 Å². The lowest BCUT2D eigenvalue weighted by Gasteiger charge is -2.27. The summed E-state index contributed by atoms with van der Waals surface area (Å²) in [5, 5.41) is 10.4. The summed E-state index contributed by atoms with van der Waals surface area (Å²) >= 11 is 5.95. The zero-order valence-corrected chi connectivity index (χ0v) is 20.4. The number of nitrogens with zero attached hydrogens (tertiary/aromatic N) is 1. The summed E-state index contributed by atoms with van der Waals surface area (Å²) < 4.78 is 16.7. The summed E-state index contributed by atoms with van der Waals surface area (Å²) in [5.41, 5.74) is 10.1. The second-order valence-electron chi connectivity index (χ2n) is 8.62. The summed E-state index contributed by atoms with van der Waals surface area (Å²) in [7, 11) is 0. The molecule has 1 aliphatic heterocycles. The SMILES string of the molecule is Cc1cc(Cl)ccc1OCC(=O)Oc1ccc2c(c1)OC(N)=C(C#N)C2c1ccc(C(C)C)cc1. The summed E-state index contributed by atoms with van der Waals surface area (Å²) in [6.07, 6.45) is 0. The average molecular weight is 489 g/mol. The Morgan fingerprint density at radius 3 is 2.54 bits per heavy atom. The number of fused-ring (bicyclic) bond motifs is 1. The fourth-order valence-electron chi connectivity index (χ4n) is 3.99. The molecule has 6 nitrogen and oxygen atoms in total. The Balaban J connectivity index is 1.54. The summed E-state index contributed by atoms with van der Waals surface area (Å²) in [6.45, 7) is 5.82. The third kappa shape index (κ3) is 5.26. The van der Waals surface area contributed by atoms with Crippen LogP contribution in [0.1, 0.15) is 47.9 Å². The molecule has 1 unspecified atom stereocenters. The summed E-state index contributed by atoms with van der Waals surface area (Å²) in [6, 6.07) is 20.5. The van der Waals surface area contributed by atoms with Crippen molar-refractivity contribution < 1.29 is 19.0 Å². The van der Waals surface area contributed by atoms with E-state index < -0.39 is 5.97 Å². The van der Waals surface area contributed by atoms with E-state index >= 15 is 0 Å². The van der Waals surface area contributed by atoms with Crippen LogP contribution < -0.4 is 19.9 Å².